The van der Waals surface area contributed by atoms with Crippen molar-refractivity contribution in [1.82, 2.24) is 15.0 Å². The van der Waals surface area contributed by atoms with Gasteiger partial charge >= 0.3 is 0 Å². The number of rotatable bonds is 7. The molecule has 0 aliphatic carbocycles. The highest BCUT2D eigenvalue weighted by Crippen LogP contribution is 2.38. The highest BCUT2D eigenvalue weighted by molar-refractivity contribution is 6.13. The Kier molecular flexibility index (Phi) is 7.29. The highest BCUT2D eigenvalue weighted by atomic mass is 16.3. The van der Waals surface area contributed by atoms with Gasteiger partial charge in [0.15, 0.2) is 17.5 Å². The minimum Gasteiger partial charge on any atom is -0.456 e. The maximum absolute atomic E-state index is 6.39. The Morgan fingerprint density at radius 3 is 2.09 bits per heavy atom. The van der Waals surface area contributed by atoms with E-state index in [1.807, 2.05) is 78.9 Å². The van der Waals surface area contributed by atoms with Gasteiger partial charge in [-0.3, -0.25) is 0 Å². The van der Waals surface area contributed by atoms with Crippen LogP contribution < -0.4 is 0 Å². The van der Waals surface area contributed by atoms with E-state index in [0.29, 0.717) is 17.5 Å². The molecule has 0 unspecified atom stereocenters. The van der Waals surface area contributed by atoms with E-state index in [0.717, 1.165) is 55.3 Å². The van der Waals surface area contributed by atoms with Crippen molar-refractivity contribution in [3.05, 3.63) is 176 Å². The lowest BCUT2D eigenvalue weighted by Gasteiger charge is -2.07. The number of aromatic nitrogens is 3. The Morgan fingerprint density at radius 1 is 0.574 bits per heavy atom. The second-order valence-corrected chi connectivity index (χ2v) is 11.3. The Labute approximate surface area is 272 Å². The molecular weight excluding hydrogens is 574 g/mol. The molecule has 0 bridgehead atoms. The molecule has 47 heavy (non-hydrogen) atoms. The maximum atomic E-state index is 6.39. The normalized spacial score (nSPS) is 12.0. The number of nitrogens with zero attached hydrogens (tertiary/aromatic N) is 3. The maximum Gasteiger partial charge on any atom is 0.164 e. The van der Waals surface area contributed by atoms with E-state index in [2.05, 4.69) is 91.5 Å². The van der Waals surface area contributed by atoms with E-state index in [9.17, 15) is 0 Å². The summed E-state index contributed by atoms with van der Waals surface area (Å²) in [4.78, 5) is 14.6. The largest absolute Gasteiger partial charge is 0.456 e. The van der Waals surface area contributed by atoms with Crippen LogP contribution in [-0.4, -0.2) is 15.0 Å². The first-order valence-electron chi connectivity index (χ1n) is 15.6. The Balaban J connectivity index is 1.20. The molecule has 0 saturated carbocycles. The van der Waals surface area contributed by atoms with Crippen molar-refractivity contribution in [2.75, 3.05) is 0 Å². The standard InChI is InChI=1S/C43H29N3O/c1-2-29(34-24-23-30-13-9-10-18-33(30)27-34)19-11-22-40-44-42(32-16-7-4-8-17-32)46-43(45-40)35-25-26-37-39(28-35)47-38-21-12-20-36(41(37)38)31-14-5-3-6-15-31/h2-28H,1H2/b22-11+,29-19+. The van der Waals surface area contributed by atoms with E-state index < -0.39 is 0 Å². The minimum atomic E-state index is 0.558. The first-order valence-corrected chi connectivity index (χ1v) is 15.6. The van der Waals surface area contributed by atoms with Gasteiger partial charge in [0.1, 0.15) is 11.2 Å². The second-order valence-electron chi connectivity index (χ2n) is 11.3. The van der Waals surface area contributed by atoms with E-state index in [4.69, 9.17) is 19.4 Å². The van der Waals surface area contributed by atoms with Gasteiger partial charge in [0.05, 0.1) is 0 Å². The van der Waals surface area contributed by atoms with Crippen LogP contribution in [0, 0.1) is 0 Å². The van der Waals surface area contributed by atoms with Crippen molar-refractivity contribution < 1.29 is 4.42 Å². The summed E-state index contributed by atoms with van der Waals surface area (Å²) in [7, 11) is 0. The van der Waals surface area contributed by atoms with Crippen LogP contribution in [0.1, 0.15) is 11.4 Å². The van der Waals surface area contributed by atoms with Crippen LogP contribution in [0.2, 0.25) is 0 Å². The average molecular weight is 604 g/mol. The smallest absolute Gasteiger partial charge is 0.164 e. The van der Waals surface area contributed by atoms with Crippen LogP contribution >= 0.6 is 0 Å². The van der Waals surface area contributed by atoms with Gasteiger partial charge in [-0.05, 0) is 63.4 Å². The topological polar surface area (TPSA) is 51.8 Å². The summed E-state index contributed by atoms with van der Waals surface area (Å²) < 4.78 is 6.39. The van der Waals surface area contributed by atoms with Crippen LogP contribution in [0.25, 0.3) is 78.3 Å². The van der Waals surface area contributed by atoms with Crippen molar-refractivity contribution in [2.24, 2.45) is 0 Å². The van der Waals surface area contributed by atoms with Gasteiger partial charge in [0, 0.05) is 21.9 Å². The van der Waals surface area contributed by atoms with Gasteiger partial charge < -0.3 is 4.42 Å². The molecule has 0 amide bonds. The molecule has 2 heterocycles. The van der Waals surface area contributed by atoms with Crippen LogP contribution in [0.5, 0.6) is 0 Å². The summed E-state index contributed by atoms with van der Waals surface area (Å²) in [5, 5.41) is 4.55. The minimum absolute atomic E-state index is 0.558. The third-order valence-electron chi connectivity index (χ3n) is 8.35. The molecule has 0 aliphatic heterocycles. The molecule has 0 atom stereocenters. The number of furan rings is 1. The van der Waals surface area contributed by atoms with Crippen molar-refractivity contribution in [3.63, 3.8) is 0 Å². The molecule has 4 heteroatoms. The fourth-order valence-corrected chi connectivity index (χ4v) is 6.02. The number of hydrogen-bond acceptors (Lipinski definition) is 4. The number of fused-ring (bicyclic) bond motifs is 4. The van der Waals surface area contributed by atoms with Crippen LogP contribution in [0.3, 0.4) is 0 Å². The predicted molar refractivity (Wildman–Crippen MR) is 195 cm³/mol. The number of hydrogen-bond donors (Lipinski definition) is 0. The summed E-state index contributed by atoms with van der Waals surface area (Å²) in [5.41, 5.74) is 7.80. The summed E-state index contributed by atoms with van der Waals surface area (Å²) in [6.07, 6.45) is 7.78. The fraction of sp³-hybridized carbons (Fsp3) is 0. The third kappa shape index (κ3) is 5.54. The van der Waals surface area contributed by atoms with E-state index in [-0.39, 0.29) is 0 Å². The van der Waals surface area contributed by atoms with Crippen molar-refractivity contribution in [1.29, 1.82) is 0 Å². The molecule has 8 rings (SSSR count). The van der Waals surface area contributed by atoms with Gasteiger partial charge in [-0.25, -0.2) is 15.0 Å². The quantitative estimate of drug-likeness (QED) is 0.170. The highest BCUT2D eigenvalue weighted by Gasteiger charge is 2.15. The van der Waals surface area contributed by atoms with Gasteiger partial charge in [-0.2, -0.15) is 0 Å². The van der Waals surface area contributed by atoms with E-state index in [1.54, 1.807) is 0 Å². The molecule has 0 spiro atoms. The van der Waals surface area contributed by atoms with Crippen LogP contribution in [0.4, 0.5) is 0 Å². The molecule has 2 aromatic heterocycles. The number of benzene rings is 6. The van der Waals surface area contributed by atoms with Crippen molar-refractivity contribution in [2.45, 2.75) is 0 Å². The zero-order valence-corrected chi connectivity index (χ0v) is 25.5. The molecule has 8 aromatic rings. The summed E-state index contributed by atoms with van der Waals surface area (Å²) in [6.45, 7) is 4.06. The lowest BCUT2D eigenvalue weighted by atomic mass is 9.99. The van der Waals surface area contributed by atoms with Crippen molar-refractivity contribution in [3.8, 4) is 33.9 Å². The molecule has 4 nitrogen and oxygen atoms in total. The lowest BCUT2D eigenvalue weighted by molar-refractivity contribution is 0.669. The SMILES string of the molecule is C=C/C(=C\C=C\c1nc(-c2ccccc2)nc(-c2ccc3c(c2)oc2cccc(-c4ccccc4)c23)n1)c1ccc2ccccc2c1. The van der Waals surface area contributed by atoms with Crippen LogP contribution in [-0.2, 0) is 0 Å². The van der Waals surface area contributed by atoms with Crippen LogP contribution in [0.15, 0.2) is 169 Å². The Morgan fingerprint density at radius 2 is 1.30 bits per heavy atom. The molecule has 0 fully saturated rings. The predicted octanol–water partition coefficient (Wildman–Crippen LogP) is 11.2. The lowest BCUT2D eigenvalue weighted by Crippen LogP contribution is -1.99. The summed E-state index contributed by atoms with van der Waals surface area (Å²) in [6, 6.07) is 47.6. The first-order chi connectivity index (χ1) is 23.2. The third-order valence-corrected chi connectivity index (χ3v) is 8.35. The average Bonchev–Trinajstić information content (AvgIpc) is 3.52. The Hall–Kier alpha value is -6.39. The Bertz CT molecular complexity index is 2470. The van der Waals surface area contributed by atoms with Gasteiger partial charge in [-0.1, -0.05) is 140 Å². The molecule has 0 aliphatic rings. The van der Waals surface area contributed by atoms with E-state index in [1.165, 1.54) is 10.8 Å². The molecule has 0 saturated heterocycles. The van der Waals surface area contributed by atoms with Crippen molar-refractivity contribution >= 4 is 44.4 Å². The van der Waals surface area contributed by atoms with E-state index >= 15 is 0 Å². The van der Waals surface area contributed by atoms with Gasteiger partial charge in [0.25, 0.3) is 0 Å². The molecule has 6 aromatic carbocycles. The van der Waals surface area contributed by atoms with Gasteiger partial charge in [-0.15, -0.1) is 0 Å². The number of allylic oxidation sites excluding steroid dienone is 4. The molecule has 222 valence electrons. The molecular formula is C43H29N3O. The monoisotopic (exact) mass is 603 g/mol. The fourth-order valence-electron chi connectivity index (χ4n) is 6.02. The molecule has 0 radical (unpaired) electrons. The summed E-state index contributed by atoms with van der Waals surface area (Å²) >= 11 is 0. The first kappa shape index (κ1) is 28.1. The summed E-state index contributed by atoms with van der Waals surface area (Å²) in [5.74, 6) is 1.74. The molecule has 0 N–H and O–H groups in total. The van der Waals surface area contributed by atoms with Gasteiger partial charge in [0.2, 0.25) is 0 Å². The second kappa shape index (κ2) is 12.2. The zero-order chi connectivity index (χ0) is 31.6. The zero-order valence-electron chi connectivity index (χ0n) is 25.5.